The first-order valence-corrected chi connectivity index (χ1v) is 12.4. The van der Waals surface area contributed by atoms with Crippen molar-refractivity contribution in [2.45, 2.75) is 34.9 Å². The monoisotopic (exact) mass is 477 g/mol. The minimum Gasteiger partial charge on any atom is -0.494 e. The summed E-state index contributed by atoms with van der Waals surface area (Å²) in [6.45, 7) is 2.86. The first-order valence-electron chi connectivity index (χ1n) is 10.1. The molecule has 0 spiro atoms. The van der Waals surface area contributed by atoms with Crippen LogP contribution in [-0.2, 0) is 26.2 Å². The second-order valence-corrected chi connectivity index (χ2v) is 10.9. The van der Waals surface area contributed by atoms with E-state index in [0.29, 0.717) is 18.8 Å². The van der Waals surface area contributed by atoms with Gasteiger partial charge in [0.15, 0.2) is 0 Å². The van der Waals surface area contributed by atoms with Crippen LogP contribution in [0.25, 0.3) is 0 Å². The number of anilines is 1. The van der Waals surface area contributed by atoms with Gasteiger partial charge in [-0.05, 0) is 42.8 Å². The van der Waals surface area contributed by atoms with E-state index in [1.54, 1.807) is 13.1 Å². The second-order valence-electron chi connectivity index (χ2n) is 7.48. The van der Waals surface area contributed by atoms with Crippen LogP contribution in [-0.4, -0.2) is 57.5 Å². The third-order valence-electron chi connectivity index (χ3n) is 5.04. The van der Waals surface area contributed by atoms with Crippen LogP contribution in [0.15, 0.2) is 52.3 Å². The lowest BCUT2D eigenvalue weighted by Crippen LogP contribution is -2.41. The fourth-order valence-corrected chi connectivity index (χ4v) is 5.39. The lowest BCUT2D eigenvalue weighted by molar-refractivity contribution is -0.124. The molecule has 2 amide bonds. The Morgan fingerprint density at radius 2 is 1.88 bits per heavy atom. The first kappa shape index (κ1) is 24.1. The largest absolute Gasteiger partial charge is 0.494 e. The molecule has 1 heterocycles. The average molecular weight is 478 g/mol. The quantitative estimate of drug-likeness (QED) is 0.628. The number of ether oxygens (including phenoxy) is 1. The molecule has 2 aromatic carbocycles. The van der Waals surface area contributed by atoms with Gasteiger partial charge >= 0.3 is 0 Å². The number of amides is 2. The lowest BCUT2D eigenvalue weighted by Gasteiger charge is -2.31. The molecule has 1 aliphatic heterocycles. The third kappa shape index (κ3) is 5.25. The van der Waals surface area contributed by atoms with Crippen LogP contribution < -0.4 is 15.0 Å². The van der Waals surface area contributed by atoms with E-state index in [1.165, 1.54) is 42.9 Å². The number of thioether (sulfide) groups is 1. The van der Waals surface area contributed by atoms with Gasteiger partial charge in [0.05, 0.1) is 22.4 Å². The van der Waals surface area contributed by atoms with Gasteiger partial charge in [-0.15, -0.1) is 11.8 Å². The Hall–Kier alpha value is -2.56. The molecule has 1 aliphatic rings. The summed E-state index contributed by atoms with van der Waals surface area (Å²) in [4.78, 5) is 27.6. The predicted molar refractivity (Wildman–Crippen MR) is 124 cm³/mol. The van der Waals surface area contributed by atoms with Crippen molar-refractivity contribution < 1.29 is 22.7 Å². The highest BCUT2D eigenvalue weighted by Crippen LogP contribution is 2.41. The predicted octanol–water partition coefficient (Wildman–Crippen LogP) is 2.48. The van der Waals surface area contributed by atoms with E-state index in [1.807, 2.05) is 31.2 Å². The molecular weight excluding hydrogens is 450 g/mol. The maximum Gasteiger partial charge on any atom is 0.242 e. The van der Waals surface area contributed by atoms with E-state index in [0.717, 1.165) is 20.5 Å². The van der Waals surface area contributed by atoms with E-state index in [-0.39, 0.29) is 23.1 Å². The van der Waals surface area contributed by atoms with Crippen molar-refractivity contribution in [1.82, 2.24) is 9.62 Å². The number of nitrogens with one attached hydrogen (secondary N) is 1. The number of carbonyl (C=O) groups is 2. The Labute approximate surface area is 193 Å². The second kappa shape index (κ2) is 9.93. The zero-order valence-corrected chi connectivity index (χ0v) is 20.1. The average Bonchev–Trinajstić information content (AvgIpc) is 2.76. The van der Waals surface area contributed by atoms with Crippen LogP contribution in [0.2, 0.25) is 0 Å². The molecule has 1 atom stereocenters. The van der Waals surface area contributed by atoms with Crippen LogP contribution in [0.5, 0.6) is 5.75 Å². The van der Waals surface area contributed by atoms with Crippen molar-refractivity contribution in [1.29, 1.82) is 0 Å². The van der Waals surface area contributed by atoms with Crippen molar-refractivity contribution in [2.75, 3.05) is 32.6 Å². The summed E-state index contributed by atoms with van der Waals surface area (Å²) in [5.74, 6) is 0.307. The number of carbonyl (C=O) groups excluding carboxylic acids is 2. The van der Waals surface area contributed by atoms with E-state index in [2.05, 4.69) is 5.32 Å². The number of hydrogen-bond donors (Lipinski definition) is 1. The molecule has 172 valence electrons. The number of benzene rings is 2. The lowest BCUT2D eigenvalue weighted by atomic mass is 10.2. The zero-order chi connectivity index (χ0) is 23.5. The Kier molecular flexibility index (Phi) is 7.47. The van der Waals surface area contributed by atoms with E-state index < -0.39 is 15.3 Å². The number of nitrogens with zero attached hydrogens (tertiary/aromatic N) is 2. The van der Waals surface area contributed by atoms with Gasteiger partial charge in [0.2, 0.25) is 21.8 Å². The van der Waals surface area contributed by atoms with Gasteiger partial charge in [0.1, 0.15) is 5.75 Å². The van der Waals surface area contributed by atoms with Crippen LogP contribution in [0.4, 0.5) is 5.69 Å². The molecule has 0 bridgehead atoms. The van der Waals surface area contributed by atoms with Gasteiger partial charge in [-0.2, -0.15) is 0 Å². The molecule has 8 nitrogen and oxygen atoms in total. The van der Waals surface area contributed by atoms with Crippen LogP contribution in [0, 0.1) is 0 Å². The topological polar surface area (TPSA) is 96.0 Å². The molecule has 0 saturated carbocycles. The highest BCUT2D eigenvalue weighted by molar-refractivity contribution is 8.01. The van der Waals surface area contributed by atoms with Gasteiger partial charge in [-0.25, -0.2) is 12.7 Å². The molecule has 32 heavy (non-hydrogen) atoms. The Morgan fingerprint density at radius 1 is 1.19 bits per heavy atom. The summed E-state index contributed by atoms with van der Waals surface area (Å²) < 4.78 is 31.4. The molecular formula is C22H27N3O5S2. The first-order chi connectivity index (χ1) is 15.1. The minimum atomic E-state index is -3.61. The zero-order valence-electron chi connectivity index (χ0n) is 18.5. The van der Waals surface area contributed by atoms with Crippen molar-refractivity contribution in [3.05, 3.63) is 48.0 Å². The summed E-state index contributed by atoms with van der Waals surface area (Å²) in [6, 6.07) is 12.2. The molecule has 0 aromatic heterocycles. The minimum absolute atomic E-state index is 0.0298. The molecule has 0 aliphatic carbocycles. The molecule has 2 aromatic rings. The Bertz CT molecular complexity index is 1100. The van der Waals surface area contributed by atoms with E-state index in [9.17, 15) is 18.0 Å². The van der Waals surface area contributed by atoms with Crippen LogP contribution in [0.3, 0.4) is 0 Å². The summed E-state index contributed by atoms with van der Waals surface area (Å²) >= 11 is 1.28. The molecule has 0 fully saturated rings. The maximum atomic E-state index is 12.8. The fraction of sp³-hybridized carbons (Fsp3) is 0.364. The van der Waals surface area contributed by atoms with Gasteiger partial charge in [0.25, 0.3) is 0 Å². The molecule has 1 N–H and O–H groups in total. The normalized spacial score (nSPS) is 16.1. The number of fused-ring (bicyclic) bond motifs is 1. The smallest absolute Gasteiger partial charge is 0.242 e. The van der Waals surface area contributed by atoms with Crippen molar-refractivity contribution >= 4 is 39.3 Å². The molecule has 3 rings (SSSR count). The van der Waals surface area contributed by atoms with E-state index >= 15 is 0 Å². The number of rotatable bonds is 8. The third-order valence-corrected chi connectivity index (χ3v) is 8.10. The Balaban J connectivity index is 1.65. The maximum absolute atomic E-state index is 12.8. The molecule has 0 saturated heterocycles. The van der Waals surface area contributed by atoms with Gasteiger partial charge in [-0.3, -0.25) is 9.59 Å². The highest BCUT2D eigenvalue weighted by atomic mass is 32.2. The summed E-state index contributed by atoms with van der Waals surface area (Å²) in [5.41, 5.74) is 1.45. The van der Waals surface area contributed by atoms with Crippen molar-refractivity contribution in [3.8, 4) is 5.75 Å². The van der Waals surface area contributed by atoms with Gasteiger partial charge < -0.3 is 15.0 Å². The van der Waals surface area contributed by atoms with Gasteiger partial charge in [0, 0.05) is 39.0 Å². The SMILES string of the molecule is CCOc1ccc(CNC(=O)C[C@@H]2Sc3ccc(S(=O)(=O)N(C)C)cc3N(C)C2=O)cc1. The van der Waals surface area contributed by atoms with E-state index in [4.69, 9.17) is 4.74 Å². The number of hydrogen-bond acceptors (Lipinski definition) is 6. The van der Waals surface area contributed by atoms with Crippen molar-refractivity contribution in [3.63, 3.8) is 0 Å². The van der Waals surface area contributed by atoms with Crippen LogP contribution in [0.1, 0.15) is 18.9 Å². The fourth-order valence-electron chi connectivity index (χ4n) is 3.21. The number of sulfonamides is 1. The Morgan fingerprint density at radius 3 is 2.50 bits per heavy atom. The van der Waals surface area contributed by atoms with Crippen molar-refractivity contribution in [2.24, 2.45) is 0 Å². The summed E-state index contributed by atoms with van der Waals surface area (Å²) in [5, 5.41) is 2.27. The van der Waals surface area contributed by atoms with Gasteiger partial charge in [-0.1, -0.05) is 12.1 Å². The van der Waals surface area contributed by atoms with Crippen LogP contribution >= 0.6 is 11.8 Å². The molecule has 10 heteroatoms. The molecule has 0 unspecified atom stereocenters. The summed E-state index contributed by atoms with van der Waals surface area (Å²) in [7, 11) is 0.903. The standard InChI is InChI=1S/C22H27N3O5S2/c1-5-30-16-8-6-15(7-9-16)14-23-21(26)13-20-22(27)25(4)18-12-17(10-11-19(18)31-20)32(28,29)24(2)3/h6-12,20H,5,13-14H2,1-4H3,(H,23,26)/t20-/m0/s1. The summed E-state index contributed by atoms with van der Waals surface area (Å²) in [6.07, 6.45) is 0.0298. The molecule has 0 radical (unpaired) electrons. The highest BCUT2D eigenvalue weighted by Gasteiger charge is 2.34.